The van der Waals surface area contributed by atoms with E-state index in [1.54, 1.807) is 36.8 Å². The van der Waals surface area contributed by atoms with Crippen LogP contribution in [-0.2, 0) is 16.4 Å². The van der Waals surface area contributed by atoms with Crippen molar-refractivity contribution in [2.45, 2.75) is 10.6 Å². The Kier molecular flexibility index (Phi) is 4.47. The first kappa shape index (κ1) is 17.7. The molecule has 4 rings (SSSR count). The highest BCUT2D eigenvalue weighted by Gasteiger charge is 2.24. The van der Waals surface area contributed by atoms with Gasteiger partial charge in [-0.15, -0.1) is 22.7 Å². The molecule has 0 aliphatic carbocycles. The molecular formula is C18H14N4O2S3. The molecule has 0 bridgehead atoms. The zero-order chi connectivity index (χ0) is 19.0. The van der Waals surface area contributed by atoms with E-state index in [0.717, 1.165) is 26.5 Å². The van der Waals surface area contributed by atoms with Gasteiger partial charge in [0.1, 0.15) is 9.22 Å². The van der Waals surface area contributed by atoms with Crippen LogP contribution in [0.1, 0.15) is 4.88 Å². The topological polar surface area (TPSA) is 89.8 Å². The molecular weight excluding hydrogens is 400 g/mol. The second kappa shape index (κ2) is 6.81. The van der Waals surface area contributed by atoms with Crippen LogP contribution in [0.15, 0.2) is 52.2 Å². The molecule has 0 radical (unpaired) electrons. The number of thiophene rings is 1. The number of anilines is 1. The van der Waals surface area contributed by atoms with Crippen LogP contribution in [0.25, 0.3) is 21.6 Å². The fourth-order valence-electron chi connectivity index (χ4n) is 2.78. The summed E-state index contributed by atoms with van der Waals surface area (Å²) in [5, 5.41) is 12.2. The van der Waals surface area contributed by atoms with Crippen LogP contribution in [0.5, 0.6) is 0 Å². The maximum atomic E-state index is 12.9. The Morgan fingerprint density at radius 3 is 2.89 bits per heavy atom. The molecule has 136 valence electrons. The molecule has 6 nitrogen and oxygen atoms in total. The molecule has 0 saturated carbocycles. The van der Waals surface area contributed by atoms with Crippen LogP contribution in [-0.4, -0.2) is 25.4 Å². The van der Waals surface area contributed by atoms with Crippen LogP contribution in [0, 0.1) is 11.3 Å². The van der Waals surface area contributed by atoms with E-state index in [0.29, 0.717) is 16.3 Å². The number of para-hydroxylation sites is 1. The van der Waals surface area contributed by atoms with Crippen LogP contribution < -0.4 is 4.31 Å². The third kappa shape index (κ3) is 3.12. The zero-order valence-electron chi connectivity index (χ0n) is 14.2. The molecule has 4 aromatic rings. The first-order valence-corrected chi connectivity index (χ1v) is 11.1. The molecule has 3 heterocycles. The molecule has 0 fully saturated rings. The van der Waals surface area contributed by atoms with Crippen molar-refractivity contribution in [3.8, 4) is 16.8 Å². The zero-order valence-corrected chi connectivity index (χ0v) is 16.7. The molecule has 0 aliphatic rings. The van der Waals surface area contributed by atoms with Crippen LogP contribution in [0.2, 0.25) is 0 Å². The standard InChI is InChI=1S/C18H14N4O2S3/c1-22(27(23,24)16-6-3-9-25-16)15-5-2-4-12-10-14(21-17(12)15)18-20-11-13(26-18)7-8-19/h2-6,9-11,21H,7H2,1H3. The molecule has 0 unspecified atom stereocenters. The summed E-state index contributed by atoms with van der Waals surface area (Å²) in [5.41, 5.74) is 2.10. The number of fused-ring (bicyclic) bond motifs is 1. The van der Waals surface area contributed by atoms with Gasteiger partial charge < -0.3 is 4.98 Å². The van der Waals surface area contributed by atoms with Gasteiger partial charge in [0, 0.05) is 23.5 Å². The monoisotopic (exact) mass is 414 g/mol. The summed E-state index contributed by atoms with van der Waals surface area (Å²) in [6, 6.07) is 12.9. The Hall–Kier alpha value is -2.67. The lowest BCUT2D eigenvalue weighted by molar-refractivity contribution is 0.596. The molecule has 0 amide bonds. The number of nitriles is 1. The summed E-state index contributed by atoms with van der Waals surface area (Å²) in [7, 11) is -2.06. The van der Waals surface area contributed by atoms with E-state index in [-0.39, 0.29) is 0 Å². The van der Waals surface area contributed by atoms with Gasteiger partial charge >= 0.3 is 0 Å². The number of hydrogen-bond acceptors (Lipinski definition) is 6. The number of nitrogens with one attached hydrogen (secondary N) is 1. The largest absolute Gasteiger partial charge is 0.351 e. The number of rotatable bonds is 5. The molecule has 0 aliphatic heterocycles. The fourth-order valence-corrected chi connectivity index (χ4v) is 5.97. The number of thiazole rings is 1. The van der Waals surface area contributed by atoms with E-state index in [1.807, 2.05) is 18.2 Å². The van der Waals surface area contributed by atoms with Crippen molar-refractivity contribution in [3.05, 3.63) is 52.9 Å². The predicted molar refractivity (Wildman–Crippen MR) is 109 cm³/mol. The first-order valence-electron chi connectivity index (χ1n) is 7.97. The lowest BCUT2D eigenvalue weighted by atomic mass is 10.2. The van der Waals surface area contributed by atoms with Gasteiger partial charge in [0.05, 0.1) is 29.4 Å². The molecule has 27 heavy (non-hydrogen) atoms. The van der Waals surface area contributed by atoms with Crippen molar-refractivity contribution < 1.29 is 8.42 Å². The number of hydrogen-bond donors (Lipinski definition) is 1. The second-order valence-electron chi connectivity index (χ2n) is 5.80. The van der Waals surface area contributed by atoms with Crippen molar-refractivity contribution in [2.24, 2.45) is 0 Å². The normalized spacial score (nSPS) is 11.6. The molecule has 9 heteroatoms. The van der Waals surface area contributed by atoms with Crippen molar-refractivity contribution in [2.75, 3.05) is 11.4 Å². The van der Waals surface area contributed by atoms with Gasteiger partial charge in [0.2, 0.25) is 0 Å². The Morgan fingerprint density at radius 2 is 2.15 bits per heavy atom. The van der Waals surface area contributed by atoms with Gasteiger partial charge in [-0.25, -0.2) is 13.4 Å². The average Bonchev–Trinajstić information content (AvgIpc) is 3.39. The predicted octanol–water partition coefficient (Wildman–Crippen LogP) is 4.24. The minimum atomic E-state index is -3.62. The summed E-state index contributed by atoms with van der Waals surface area (Å²) >= 11 is 2.64. The van der Waals surface area contributed by atoms with Crippen LogP contribution in [0.3, 0.4) is 0 Å². The van der Waals surface area contributed by atoms with Crippen molar-refractivity contribution in [3.63, 3.8) is 0 Å². The smallest absolute Gasteiger partial charge is 0.273 e. The summed E-state index contributed by atoms with van der Waals surface area (Å²) in [5.74, 6) is 0. The molecule has 3 aromatic heterocycles. The lowest BCUT2D eigenvalue weighted by Crippen LogP contribution is -2.26. The van der Waals surface area contributed by atoms with Gasteiger partial charge in [-0.05, 0) is 23.6 Å². The maximum Gasteiger partial charge on any atom is 0.273 e. The third-order valence-corrected chi connectivity index (χ3v) is 8.30. The number of sulfonamides is 1. The van der Waals surface area contributed by atoms with Gasteiger partial charge in [0.25, 0.3) is 10.0 Å². The summed E-state index contributed by atoms with van der Waals surface area (Å²) in [4.78, 5) is 8.56. The quantitative estimate of drug-likeness (QED) is 0.529. The number of H-pyrrole nitrogens is 1. The van der Waals surface area contributed by atoms with Crippen LogP contribution >= 0.6 is 22.7 Å². The van der Waals surface area contributed by atoms with E-state index >= 15 is 0 Å². The first-order chi connectivity index (χ1) is 13.0. The van der Waals surface area contributed by atoms with Gasteiger partial charge in [-0.3, -0.25) is 4.31 Å². The summed E-state index contributed by atoms with van der Waals surface area (Å²) in [6.45, 7) is 0. The Morgan fingerprint density at radius 1 is 1.30 bits per heavy atom. The van der Waals surface area contributed by atoms with E-state index < -0.39 is 10.0 Å². The highest BCUT2D eigenvalue weighted by molar-refractivity contribution is 7.94. The van der Waals surface area contributed by atoms with Crippen LogP contribution in [0.4, 0.5) is 5.69 Å². The van der Waals surface area contributed by atoms with Crippen molar-refractivity contribution in [1.29, 1.82) is 5.26 Å². The van der Waals surface area contributed by atoms with Gasteiger partial charge in [0.15, 0.2) is 0 Å². The average molecular weight is 415 g/mol. The SMILES string of the molecule is CN(c1cccc2cc(-c3ncc(CC#N)s3)[nH]c12)S(=O)(=O)c1cccs1. The number of aromatic amines is 1. The number of benzene rings is 1. The lowest BCUT2D eigenvalue weighted by Gasteiger charge is -2.19. The second-order valence-corrected chi connectivity index (χ2v) is 10.1. The molecule has 0 saturated heterocycles. The Balaban J connectivity index is 1.78. The highest BCUT2D eigenvalue weighted by Crippen LogP contribution is 2.34. The summed E-state index contributed by atoms with van der Waals surface area (Å²) in [6.07, 6.45) is 2.02. The molecule has 1 aromatic carbocycles. The Bertz CT molecular complexity index is 1250. The van der Waals surface area contributed by atoms with Gasteiger partial charge in [-0.1, -0.05) is 18.2 Å². The van der Waals surface area contributed by atoms with Crippen molar-refractivity contribution in [1.82, 2.24) is 9.97 Å². The van der Waals surface area contributed by atoms with E-state index in [9.17, 15) is 8.42 Å². The Labute approximate surface area is 164 Å². The van der Waals surface area contributed by atoms with Gasteiger partial charge in [-0.2, -0.15) is 5.26 Å². The maximum absolute atomic E-state index is 12.9. The minimum absolute atomic E-state index is 0.301. The number of aromatic nitrogens is 2. The minimum Gasteiger partial charge on any atom is -0.351 e. The number of nitrogens with zero attached hydrogens (tertiary/aromatic N) is 3. The third-order valence-electron chi connectivity index (χ3n) is 4.12. The van der Waals surface area contributed by atoms with E-state index in [1.165, 1.54) is 27.0 Å². The fraction of sp³-hybridized carbons (Fsp3) is 0.111. The molecule has 0 atom stereocenters. The molecule has 0 spiro atoms. The van der Waals surface area contributed by atoms with Crippen molar-refractivity contribution >= 4 is 49.3 Å². The van der Waals surface area contributed by atoms with E-state index in [4.69, 9.17) is 5.26 Å². The van der Waals surface area contributed by atoms with E-state index in [2.05, 4.69) is 16.0 Å². The highest BCUT2D eigenvalue weighted by atomic mass is 32.2. The molecule has 1 N–H and O–H groups in total. The summed E-state index contributed by atoms with van der Waals surface area (Å²) < 4.78 is 27.3.